The summed E-state index contributed by atoms with van der Waals surface area (Å²) in [6.07, 6.45) is 1.55. The van der Waals surface area contributed by atoms with Crippen LogP contribution in [-0.4, -0.2) is 18.9 Å². The average molecular weight is 374 g/mol. The summed E-state index contributed by atoms with van der Waals surface area (Å²) in [5.41, 5.74) is 4.77. The van der Waals surface area contributed by atoms with Crippen molar-refractivity contribution in [3.8, 4) is 17.2 Å². The van der Waals surface area contributed by atoms with Gasteiger partial charge in [0.1, 0.15) is 12.4 Å². The molecule has 0 radical (unpaired) electrons. The number of hydrogen-bond acceptors (Lipinski definition) is 5. The second-order valence-corrected chi connectivity index (χ2v) is 6.08. The molecule has 0 fully saturated rings. The lowest BCUT2D eigenvalue weighted by atomic mass is 10.2. The van der Waals surface area contributed by atoms with Gasteiger partial charge in [0.2, 0.25) is 6.79 Å². The Kier molecular flexibility index (Phi) is 5.20. The number of para-hydroxylation sites is 1. The number of hydrazone groups is 1. The number of fused-ring (bicyclic) bond motifs is 1. The molecule has 1 amide bonds. The lowest BCUT2D eigenvalue weighted by molar-refractivity contribution is 0.0950. The minimum Gasteiger partial charge on any atom is -0.488 e. The largest absolute Gasteiger partial charge is 0.488 e. The van der Waals surface area contributed by atoms with Gasteiger partial charge in [-0.3, -0.25) is 4.79 Å². The number of ether oxygens (including phenoxy) is 3. The molecule has 1 aliphatic rings. The van der Waals surface area contributed by atoms with E-state index >= 15 is 0 Å². The van der Waals surface area contributed by atoms with Gasteiger partial charge in [0.15, 0.2) is 11.5 Å². The van der Waals surface area contributed by atoms with Crippen LogP contribution < -0.4 is 19.6 Å². The number of carbonyl (C=O) groups is 1. The minimum atomic E-state index is -0.347. The van der Waals surface area contributed by atoms with E-state index in [4.69, 9.17) is 14.2 Å². The van der Waals surface area contributed by atoms with E-state index in [1.165, 1.54) is 0 Å². The van der Waals surface area contributed by atoms with Gasteiger partial charge in [0.05, 0.1) is 11.8 Å². The molecule has 0 saturated carbocycles. The zero-order valence-corrected chi connectivity index (χ0v) is 15.0. The first-order valence-electron chi connectivity index (χ1n) is 8.78. The first-order chi connectivity index (χ1) is 13.8. The molecule has 1 N–H and O–H groups in total. The predicted molar refractivity (Wildman–Crippen MR) is 105 cm³/mol. The number of hydrogen-bond donors (Lipinski definition) is 1. The van der Waals surface area contributed by atoms with Gasteiger partial charge in [-0.2, -0.15) is 5.10 Å². The smallest absolute Gasteiger partial charge is 0.275 e. The summed E-state index contributed by atoms with van der Waals surface area (Å²) in [5, 5.41) is 4.03. The Hall–Kier alpha value is -3.80. The van der Waals surface area contributed by atoms with Crippen molar-refractivity contribution >= 4 is 12.1 Å². The van der Waals surface area contributed by atoms with Crippen LogP contribution in [0.2, 0.25) is 0 Å². The van der Waals surface area contributed by atoms with Crippen molar-refractivity contribution in [1.29, 1.82) is 0 Å². The molecule has 0 spiro atoms. The monoisotopic (exact) mass is 374 g/mol. The van der Waals surface area contributed by atoms with Crippen molar-refractivity contribution < 1.29 is 19.0 Å². The maximum Gasteiger partial charge on any atom is 0.275 e. The lowest BCUT2D eigenvalue weighted by Gasteiger charge is -2.10. The molecule has 0 unspecified atom stereocenters. The van der Waals surface area contributed by atoms with E-state index < -0.39 is 0 Å². The first kappa shape index (κ1) is 17.6. The van der Waals surface area contributed by atoms with Crippen LogP contribution in [-0.2, 0) is 6.61 Å². The number of amides is 1. The highest BCUT2D eigenvalue weighted by molar-refractivity contribution is 5.97. The van der Waals surface area contributed by atoms with E-state index in [1.807, 2.05) is 42.5 Å². The number of nitrogens with one attached hydrogen (secondary N) is 1. The van der Waals surface area contributed by atoms with E-state index in [0.717, 1.165) is 11.1 Å². The quantitative estimate of drug-likeness (QED) is 0.527. The summed E-state index contributed by atoms with van der Waals surface area (Å²) in [6, 6.07) is 22.3. The maximum absolute atomic E-state index is 12.5. The topological polar surface area (TPSA) is 69.2 Å². The summed E-state index contributed by atoms with van der Waals surface area (Å²) >= 11 is 0. The Labute approximate surface area is 162 Å². The summed E-state index contributed by atoms with van der Waals surface area (Å²) in [4.78, 5) is 12.5. The van der Waals surface area contributed by atoms with Gasteiger partial charge in [-0.05, 0) is 41.5 Å². The van der Waals surface area contributed by atoms with Gasteiger partial charge < -0.3 is 14.2 Å². The van der Waals surface area contributed by atoms with Crippen LogP contribution in [0.25, 0.3) is 0 Å². The Balaban J connectivity index is 1.40. The number of benzene rings is 3. The van der Waals surface area contributed by atoms with Gasteiger partial charge in [-0.1, -0.05) is 42.5 Å². The highest BCUT2D eigenvalue weighted by Gasteiger charge is 2.13. The van der Waals surface area contributed by atoms with Crippen LogP contribution in [0.15, 0.2) is 77.9 Å². The molecule has 4 rings (SSSR count). The van der Waals surface area contributed by atoms with Crippen LogP contribution in [0.3, 0.4) is 0 Å². The summed E-state index contributed by atoms with van der Waals surface area (Å²) in [5.74, 6) is 1.52. The van der Waals surface area contributed by atoms with Gasteiger partial charge in [0, 0.05) is 0 Å². The third-order valence-electron chi connectivity index (χ3n) is 4.15. The van der Waals surface area contributed by atoms with Crippen LogP contribution in [0, 0.1) is 0 Å². The number of rotatable bonds is 6. The fourth-order valence-electron chi connectivity index (χ4n) is 2.73. The molecule has 140 valence electrons. The molecule has 1 heterocycles. The fraction of sp³-hybridized carbons (Fsp3) is 0.0909. The third kappa shape index (κ3) is 4.12. The predicted octanol–water partition coefficient (Wildman–Crippen LogP) is 3.76. The van der Waals surface area contributed by atoms with E-state index in [9.17, 15) is 4.79 Å². The number of nitrogens with zero attached hydrogens (tertiary/aromatic N) is 1. The fourth-order valence-corrected chi connectivity index (χ4v) is 2.73. The Bertz CT molecular complexity index is 1000. The van der Waals surface area contributed by atoms with Gasteiger partial charge >= 0.3 is 0 Å². The molecule has 1 aliphatic heterocycles. The van der Waals surface area contributed by atoms with Gasteiger partial charge in [-0.15, -0.1) is 0 Å². The standard InChI is InChI=1S/C22H18N2O4/c25-22(24-23-13-17-10-11-20-21(12-17)28-15-27-20)18-8-4-5-9-19(18)26-14-16-6-2-1-3-7-16/h1-13H,14-15H2,(H,24,25)/b23-13-. The van der Waals surface area contributed by atoms with Crippen molar-refractivity contribution in [3.63, 3.8) is 0 Å². The van der Waals surface area contributed by atoms with E-state index in [2.05, 4.69) is 10.5 Å². The van der Waals surface area contributed by atoms with E-state index in [1.54, 1.807) is 36.5 Å². The van der Waals surface area contributed by atoms with Crippen molar-refractivity contribution in [2.24, 2.45) is 5.10 Å². The molecule has 0 saturated heterocycles. The van der Waals surface area contributed by atoms with E-state index in [-0.39, 0.29) is 12.7 Å². The molecule has 3 aromatic carbocycles. The maximum atomic E-state index is 12.5. The van der Waals surface area contributed by atoms with Crippen LogP contribution >= 0.6 is 0 Å². The molecule has 0 aliphatic carbocycles. The van der Waals surface area contributed by atoms with Crippen LogP contribution in [0.5, 0.6) is 17.2 Å². The third-order valence-corrected chi connectivity index (χ3v) is 4.15. The van der Waals surface area contributed by atoms with Crippen molar-refractivity contribution in [2.75, 3.05) is 6.79 Å². The Morgan fingerprint density at radius 2 is 1.79 bits per heavy atom. The molecule has 3 aromatic rings. The zero-order valence-electron chi connectivity index (χ0n) is 15.0. The SMILES string of the molecule is O=C(N/N=C\c1ccc2c(c1)OCO2)c1ccccc1OCc1ccccc1. The molecular weight excluding hydrogens is 356 g/mol. The molecule has 0 bridgehead atoms. The zero-order chi connectivity index (χ0) is 19.2. The Morgan fingerprint density at radius 1 is 1.00 bits per heavy atom. The van der Waals surface area contributed by atoms with Crippen molar-refractivity contribution in [3.05, 3.63) is 89.5 Å². The molecule has 0 aromatic heterocycles. The summed E-state index contributed by atoms with van der Waals surface area (Å²) in [6.45, 7) is 0.595. The van der Waals surface area contributed by atoms with Crippen molar-refractivity contribution in [2.45, 2.75) is 6.61 Å². The van der Waals surface area contributed by atoms with Gasteiger partial charge in [-0.25, -0.2) is 5.43 Å². The highest BCUT2D eigenvalue weighted by atomic mass is 16.7. The second-order valence-electron chi connectivity index (χ2n) is 6.08. The van der Waals surface area contributed by atoms with Crippen molar-refractivity contribution in [1.82, 2.24) is 5.43 Å². The lowest BCUT2D eigenvalue weighted by Crippen LogP contribution is -2.18. The molecule has 28 heavy (non-hydrogen) atoms. The normalized spacial score (nSPS) is 12.1. The van der Waals surface area contributed by atoms with Crippen LogP contribution in [0.4, 0.5) is 0 Å². The molecule has 6 heteroatoms. The minimum absolute atomic E-state index is 0.215. The molecular formula is C22H18N2O4. The molecule has 6 nitrogen and oxygen atoms in total. The molecule has 0 atom stereocenters. The van der Waals surface area contributed by atoms with Crippen LogP contribution in [0.1, 0.15) is 21.5 Å². The average Bonchev–Trinajstić information content (AvgIpc) is 3.21. The first-order valence-corrected chi connectivity index (χ1v) is 8.78. The highest BCUT2D eigenvalue weighted by Crippen LogP contribution is 2.32. The van der Waals surface area contributed by atoms with E-state index in [0.29, 0.717) is 29.4 Å². The summed E-state index contributed by atoms with van der Waals surface area (Å²) in [7, 11) is 0. The summed E-state index contributed by atoms with van der Waals surface area (Å²) < 4.78 is 16.4. The van der Waals surface area contributed by atoms with Gasteiger partial charge in [0.25, 0.3) is 5.91 Å². The number of carbonyl (C=O) groups excluding carboxylic acids is 1. The Morgan fingerprint density at radius 3 is 2.68 bits per heavy atom. The second kappa shape index (κ2) is 8.26.